The molecule has 1 N–H and O–H groups in total. The van der Waals surface area contributed by atoms with Crippen LogP contribution in [0.5, 0.6) is 0 Å². The molecule has 0 fully saturated rings. The molecule has 0 atom stereocenters. The highest BCUT2D eigenvalue weighted by molar-refractivity contribution is 5.94. The van der Waals surface area contributed by atoms with Gasteiger partial charge in [-0.2, -0.15) is 5.26 Å². The summed E-state index contributed by atoms with van der Waals surface area (Å²) in [5.74, 6) is -0.0915. The van der Waals surface area contributed by atoms with Gasteiger partial charge in [-0.15, -0.1) is 0 Å². The number of carbonyl (C=O) groups excluding carboxylic acids is 1. The van der Waals surface area contributed by atoms with Crippen molar-refractivity contribution in [2.75, 3.05) is 20.3 Å². The van der Waals surface area contributed by atoms with Crippen LogP contribution in [-0.4, -0.2) is 26.2 Å². The van der Waals surface area contributed by atoms with Crippen LogP contribution in [0.15, 0.2) is 24.3 Å². The summed E-state index contributed by atoms with van der Waals surface area (Å²) >= 11 is 0. The molecular formula is C14H18N2O2. The number of hydrogen-bond acceptors (Lipinski definition) is 3. The van der Waals surface area contributed by atoms with Crippen LogP contribution in [0.2, 0.25) is 0 Å². The summed E-state index contributed by atoms with van der Waals surface area (Å²) in [5, 5.41) is 11.5. The molecule has 0 aliphatic heterocycles. The first kappa shape index (κ1) is 14.2. The number of unbranched alkanes of at least 4 members (excludes halogenated alkanes) is 2. The number of carbonyl (C=O) groups is 1. The van der Waals surface area contributed by atoms with Gasteiger partial charge < -0.3 is 10.1 Å². The molecule has 0 aromatic heterocycles. The SMILES string of the molecule is COCCCCCNC(=O)c1ccc(C#N)cc1. The van der Waals surface area contributed by atoms with E-state index < -0.39 is 0 Å². The van der Waals surface area contributed by atoms with Crippen molar-refractivity contribution in [3.05, 3.63) is 35.4 Å². The number of hydrogen-bond donors (Lipinski definition) is 1. The van der Waals surface area contributed by atoms with Gasteiger partial charge in [0.15, 0.2) is 0 Å². The third-order valence-electron chi connectivity index (χ3n) is 2.59. The van der Waals surface area contributed by atoms with E-state index in [1.54, 1.807) is 31.4 Å². The summed E-state index contributed by atoms with van der Waals surface area (Å²) < 4.78 is 4.95. The summed E-state index contributed by atoms with van der Waals surface area (Å²) in [6.07, 6.45) is 3.01. The molecule has 0 spiro atoms. The maximum Gasteiger partial charge on any atom is 0.251 e. The van der Waals surface area contributed by atoms with Gasteiger partial charge >= 0.3 is 0 Å². The fourth-order valence-electron chi connectivity index (χ4n) is 1.55. The molecule has 4 heteroatoms. The van der Waals surface area contributed by atoms with Crippen molar-refractivity contribution in [2.24, 2.45) is 0 Å². The van der Waals surface area contributed by atoms with Gasteiger partial charge in [-0.05, 0) is 43.5 Å². The topological polar surface area (TPSA) is 62.1 Å². The number of nitrogens with one attached hydrogen (secondary N) is 1. The first-order valence-corrected chi connectivity index (χ1v) is 6.05. The summed E-state index contributed by atoms with van der Waals surface area (Å²) in [7, 11) is 1.69. The van der Waals surface area contributed by atoms with Crippen LogP contribution in [0.4, 0.5) is 0 Å². The quantitative estimate of drug-likeness (QED) is 0.749. The van der Waals surface area contributed by atoms with Gasteiger partial charge in [-0.25, -0.2) is 0 Å². The lowest BCUT2D eigenvalue weighted by Gasteiger charge is -2.05. The van der Waals surface area contributed by atoms with Gasteiger partial charge in [-0.1, -0.05) is 0 Å². The van der Waals surface area contributed by atoms with Crippen molar-refractivity contribution in [3.8, 4) is 6.07 Å². The molecule has 0 saturated heterocycles. The Hall–Kier alpha value is -1.86. The van der Waals surface area contributed by atoms with Gasteiger partial charge in [0.1, 0.15) is 0 Å². The van der Waals surface area contributed by atoms with Crippen LogP contribution >= 0.6 is 0 Å². The molecular weight excluding hydrogens is 228 g/mol. The fraction of sp³-hybridized carbons (Fsp3) is 0.429. The van der Waals surface area contributed by atoms with E-state index >= 15 is 0 Å². The molecule has 0 bridgehead atoms. The summed E-state index contributed by atoms with van der Waals surface area (Å²) in [6.45, 7) is 1.44. The van der Waals surface area contributed by atoms with Crippen molar-refractivity contribution < 1.29 is 9.53 Å². The molecule has 0 aliphatic carbocycles. The van der Waals surface area contributed by atoms with Crippen LogP contribution in [-0.2, 0) is 4.74 Å². The minimum absolute atomic E-state index is 0.0915. The monoisotopic (exact) mass is 246 g/mol. The average Bonchev–Trinajstić information content (AvgIpc) is 2.42. The van der Waals surface area contributed by atoms with Crippen LogP contribution < -0.4 is 5.32 Å². The number of nitrogens with zero attached hydrogens (tertiary/aromatic N) is 1. The summed E-state index contributed by atoms with van der Waals surface area (Å²) in [4.78, 5) is 11.7. The number of methoxy groups -OCH3 is 1. The van der Waals surface area contributed by atoms with Gasteiger partial charge in [0.2, 0.25) is 0 Å². The highest BCUT2D eigenvalue weighted by atomic mass is 16.5. The van der Waals surface area contributed by atoms with E-state index in [1.165, 1.54) is 0 Å². The highest BCUT2D eigenvalue weighted by Crippen LogP contribution is 2.03. The van der Waals surface area contributed by atoms with E-state index in [0.29, 0.717) is 17.7 Å². The Morgan fingerprint density at radius 2 is 2.00 bits per heavy atom. The van der Waals surface area contributed by atoms with Crippen LogP contribution in [0.25, 0.3) is 0 Å². The summed E-state index contributed by atoms with van der Waals surface area (Å²) in [6, 6.07) is 8.65. The minimum Gasteiger partial charge on any atom is -0.385 e. The van der Waals surface area contributed by atoms with Crippen molar-refractivity contribution in [1.29, 1.82) is 5.26 Å². The number of ether oxygens (including phenoxy) is 1. The Morgan fingerprint density at radius 3 is 2.61 bits per heavy atom. The third-order valence-corrected chi connectivity index (χ3v) is 2.59. The van der Waals surface area contributed by atoms with Crippen molar-refractivity contribution in [3.63, 3.8) is 0 Å². The second kappa shape index (κ2) is 8.26. The Balaban J connectivity index is 2.26. The molecule has 1 aromatic carbocycles. The first-order chi connectivity index (χ1) is 8.77. The third kappa shape index (κ3) is 4.98. The lowest BCUT2D eigenvalue weighted by atomic mass is 10.1. The minimum atomic E-state index is -0.0915. The summed E-state index contributed by atoms with van der Waals surface area (Å²) in [5.41, 5.74) is 1.15. The van der Waals surface area contributed by atoms with Crippen LogP contribution in [0.1, 0.15) is 35.2 Å². The Kier molecular flexibility index (Phi) is 6.52. The van der Waals surface area contributed by atoms with E-state index in [9.17, 15) is 4.79 Å². The molecule has 0 aliphatic rings. The molecule has 0 radical (unpaired) electrons. The smallest absolute Gasteiger partial charge is 0.251 e. The molecule has 0 unspecified atom stereocenters. The largest absolute Gasteiger partial charge is 0.385 e. The van der Waals surface area contributed by atoms with Gasteiger partial charge in [0, 0.05) is 25.8 Å². The van der Waals surface area contributed by atoms with E-state index in [2.05, 4.69) is 5.32 Å². The zero-order valence-corrected chi connectivity index (χ0v) is 10.6. The van der Waals surface area contributed by atoms with E-state index in [-0.39, 0.29) is 5.91 Å². The zero-order valence-electron chi connectivity index (χ0n) is 10.6. The number of amides is 1. The molecule has 96 valence electrons. The van der Waals surface area contributed by atoms with Crippen LogP contribution in [0.3, 0.4) is 0 Å². The predicted molar refractivity (Wildman–Crippen MR) is 69.2 cm³/mol. The maximum atomic E-state index is 11.7. The Labute approximate surface area is 108 Å². The van der Waals surface area contributed by atoms with Gasteiger partial charge in [0.25, 0.3) is 5.91 Å². The Morgan fingerprint density at radius 1 is 1.28 bits per heavy atom. The second-order valence-corrected chi connectivity index (χ2v) is 4.00. The molecule has 1 aromatic rings. The van der Waals surface area contributed by atoms with Gasteiger partial charge in [0.05, 0.1) is 11.6 Å². The number of rotatable bonds is 7. The molecule has 0 heterocycles. The van der Waals surface area contributed by atoms with Crippen molar-refractivity contribution in [2.45, 2.75) is 19.3 Å². The number of benzene rings is 1. The van der Waals surface area contributed by atoms with Gasteiger partial charge in [-0.3, -0.25) is 4.79 Å². The molecule has 18 heavy (non-hydrogen) atoms. The lowest BCUT2D eigenvalue weighted by molar-refractivity contribution is 0.0952. The molecule has 4 nitrogen and oxygen atoms in total. The predicted octanol–water partition coefficient (Wildman–Crippen LogP) is 2.10. The normalized spacial score (nSPS) is 9.78. The zero-order chi connectivity index (χ0) is 13.2. The van der Waals surface area contributed by atoms with Crippen LogP contribution in [0, 0.1) is 11.3 Å². The lowest BCUT2D eigenvalue weighted by Crippen LogP contribution is -2.24. The first-order valence-electron chi connectivity index (χ1n) is 6.05. The van der Waals surface area contributed by atoms with Crippen molar-refractivity contribution >= 4 is 5.91 Å². The van der Waals surface area contributed by atoms with E-state index in [1.807, 2.05) is 6.07 Å². The molecule has 0 saturated carbocycles. The van der Waals surface area contributed by atoms with E-state index in [4.69, 9.17) is 10.00 Å². The molecule has 1 amide bonds. The highest BCUT2D eigenvalue weighted by Gasteiger charge is 2.03. The van der Waals surface area contributed by atoms with E-state index in [0.717, 1.165) is 25.9 Å². The van der Waals surface area contributed by atoms with Crippen molar-refractivity contribution in [1.82, 2.24) is 5.32 Å². The number of nitriles is 1. The Bertz CT molecular complexity index is 407. The molecule has 1 rings (SSSR count). The maximum absolute atomic E-state index is 11.7. The average molecular weight is 246 g/mol. The standard InChI is InChI=1S/C14H18N2O2/c1-18-10-4-2-3-9-16-14(17)13-7-5-12(11-15)6-8-13/h5-8H,2-4,9-10H2,1H3,(H,16,17). The second-order valence-electron chi connectivity index (χ2n) is 4.00. The fourth-order valence-corrected chi connectivity index (χ4v) is 1.55.